The standard InChI is InChI=1S/C15H14FNO4S/c1-21-15(18)13-4-2-3-5-14(13)22(19,20)17-10-11-6-8-12(16)9-7-11/h2-9,17H,10H2,1H3. The minimum absolute atomic E-state index is 0.0158. The fourth-order valence-electron chi connectivity index (χ4n) is 1.84. The van der Waals surface area contributed by atoms with Crippen molar-refractivity contribution in [3.8, 4) is 0 Å². The lowest BCUT2D eigenvalue weighted by molar-refractivity contribution is 0.0596. The molecule has 0 aliphatic rings. The number of nitrogens with one attached hydrogen (secondary N) is 1. The van der Waals surface area contributed by atoms with E-state index < -0.39 is 21.8 Å². The highest BCUT2D eigenvalue weighted by Crippen LogP contribution is 2.16. The van der Waals surface area contributed by atoms with Crippen molar-refractivity contribution in [2.45, 2.75) is 11.4 Å². The van der Waals surface area contributed by atoms with Crippen molar-refractivity contribution in [2.75, 3.05) is 7.11 Å². The van der Waals surface area contributed by atoms with Crippen molar-refractivity contribution in [1.82, 2.24) is 4.72 Å². The molecule has 2 aromatic rings. The monoisotopic (exact) mass is 323 g/mol. The van der Waals surface area contributed by atoms with Crippen molar-refractivity contribution in [2.24, 2.45) is 0 Å². The zero-order chi connectivity index (χ0) is 16.2. The van der Waals surface area contributed by atoms with E-state index >= 15 is 0 Å². The van der Waals surface area contributed by atoms with Gasteiger partial charge in [-0.1, -0.05) is 24.3 Å². The van der Waals surface area contributed by atoms with Gasteiger partial charge in [-0.25, -0.2) is 22.3 Å². The van der Waals surface area contributed by atoms with Crippen LogP contribution >= 0.6 is 0 Å². The van der Waals surface area contributed by atoms with E-state index in [-0.39, 0.29) is 17.0 Å². The third kappa shape index (κ3) is 3.69. The number of carbonyl (C=O) groups is 1. The van der Waals surface area contributed by atoms with Crippen molar-refractivity contribution >= 4 is 16.0 Å². The van der Waals surface area contributed by atoms with Gasteiger partial charge in [0.25, 0.3) is 0 Å². The zero-order valence-electron chi connectivity index (χ0n) is 11.7. The van der Waals surface area contributed by atoms with Gasteiger partial charge in [0.15, 0.2) is 0 Å². The summed E-state index contributed by atoms with van der Waals surface area (Å²) in [5.41, 5.74) is 0.553. The number of halogens is 1. The summed E-state index contributed by atoms with van der Waals surface area (Å²) in [6.45, 7) is -0.0158. The topological polar surface area (TPSA) is 72.5 Å². The summed E-state index contributed by atoms with van der Waals surface area (Å²) >= 11 is 0. The number of carbonyl (C=O) groups excluding carboxylic acids is 1. The largest absolute Gasteiger partial charge is 0.465 e. The summed E-state index contributed by atoms with van der Waals surface area (Å²) in [7, 11) is -2.72. The number of sulfonamides is 1. The lowest BCUT2D eigenvalue weighted by Crippen LogP contribution is -2.25. The number of hydrogen-bond acceptors (Lipinski definition) is 4. The third-order valence-corrected chi connectivity index (χ3v) is 4.42. The number of rotatable bonds is 5. The summed E-state index contributed by atoms with van der Waals surface area (Å²) in [6, 6.07) is 11.2. The third-order valence-electron chi connectivity index (χ3n) is 2.96. The van der Waals surface area contributed by atoms with Crippen molar-refractivity contribution in [3.63, 3.8) is 0 Å². The molecule has 0 heterocycles. The molecule has 0 aliphatic carbocycles. The molecule has 0 saturated carbocycles. The molecule has 2 aromatic carbocycles. The average Bonchev–Trinajstić information content (AvgIpc) is 2.53. The van der Waals surface area contributed by atoms with E-state index in [1.165, 1.54) is 49.6 Å². The van der Waals surface area contributed by atoms with Crippen LogP contribution in [0.4, 0.5) is 4.39 Å². The molecule has 0 atom stereocenters. The number of ether oxygens (including phenoxy) is 1. The van der Waals surface area contributed by atoms with Crippen LogP contribution in [0.3, 0.4) is 0 Å². The van der Waals surface area contributed by atoms with Gasteiger partial charge in [0.2, 0.25) is 10.0 Å². The normalized spacial score (nSPS) is 11.2. The van der Waals surface area contributed by atoms with Gasteiger partial charge in [-0.3, -0.25) is 0 Å². The second-order valence-corrected chi connectivity index (χ2v) is 6.17. The van der Waals surface area contributed by atoms with Gasteiger partial charge in [-0.05, 0) is 29.8 Å². The van der Waals surface area contributed by atoms with Crippen LogP contribution in [0.5, 0.6) is 0 Å². The van der Waals surface area contributed by atoms with Gasteiger partial charge in [0, 0.05) is 6.54 Å². The molecule has 1 N–H and O–H groups in total. The van der Waals surface area contributed by atoms with Gasteiger partial charge in [0.1, 0.15) is 5.82 Å². The van der Waals surface area contributed by atoms with Gasteiger partial charge >= 0.3 is 5.97 Å². The average molecular weight is 323 g/mol. The first-order valence-corrected chi connectivity index (χ1v) is 7.84. The molecule has 0 aliphatic heterocycles. The van der Waals surface area contributed by atoms with Crippen LogP contribution in [0.1, 0.15) is 15.9 Å². The summed E-state index contributed by atoms with van der Waals surface area (Å²) in [5.74, 6) is -1.13. The first-order valence-electron chi connectivity index (χ1n) is 6.35. The summed E-state index contributed by atoms with van der Waals surface area (Å²) in [5, 5.41) is 0. The molecule has 0 amide bonds. The molecular weight excluding hydrogens is 309 g/mol. The number of esters is 1. The maximum absolute atomic E-state index is 12.8. The second-order valence-electron chi connectivity index (χ2n) is 4.44. The minimum Gasteiger partial charge on any atom is -0.465 e. The number of hydrogen-bond donors (Lipinski definition) is 1. The Kier molecular flexibility index (Phi) is 4.89. The molecule has 0 aromatic heterocycles. The Morgan fingerprint density at radius 3 is 2.41 bits per heavy atom. The van der Waals surface area contributed by atoms with Crippen LogP contribution in [0.2, 0.25) is 0 Å². The van der Waals surface area contributed by atoms with Crippen molar-refractivity contribution < 1.29 is 22.3 Å². The molecule has 0 radical (unpaired) electrons. The van der Waals surface area contributed by atoms with Crippen LogP contribution < -0.4 is 4.72 Å². The summed E-state index contributed by atoms with van der Waals surface area (Å²) < 4.78 is 44.4. The van der Waals surface area contributed by atoms with Gasteiger partial charge in [-0.2, -0.15) is 0 Å². The Morgan fingerprint density at radius 1 is 1.14 bits per heavy atom. The lowest BCUT2D eigenvalue weighted by Gasteiger charge is -2.10. The molecule has 116 valence electrons. The first kappa shape index (κ1) is 16.1. The van der Waals surface area contributed by atoms with Crippen LogP contribution in [-0.2, 0) is 21.3 Å². The van der Waals surface area contributed by atoms with Crippen LogP contribution in [0.25, 0.3) is 0 Å². The van der Waals surface area contributed by atoms with Crippen LogP contribution in [0, 0.1) is 5.82 Å². The van der Waals surface area contributed by atoms with E-state index in [2.05, 4.69) is 9.46 Å². The van der Waals surface area contributed by atoms with Crippen LogP contribution in [-0.4, -0.2) is 21.5 Å². The predicted octanol–water partition coefficient (Wildman–Crippen LogP) is 2.09. The Bertz CT molecular complexity index is 772. The zero-order valence-corrected chi connectivity index (χ0v) is 12.6. The molecule has 0 unspecified atom stereocenters. The highest BCUT2D eigenvalue weighted by atomic mass is 32.2. The quantitative estimate of drug-likeness (QED) is 0.855. The first-order chi connectivity index (χ1) is 10.4. The van der Waals surface area contributed by atoms with Crippen molar-refractivity contribution in [1.29, 1.82) is 0 Å². The van der Waals surface area contributed by atoms with E-state index in [0.717, 1.165) is 0 Å². The maximum atomic E-state index is 12.8. The van der Waals surface area contributed by atoms with E-state index in [9.17, 15) is 17.6 Å². The fraction of sp³-hybridized carbons (Fsp3) is 0.133. The molecule has 0 spiro atoms. The van der Waals surface area contributed by atoms with Crippen molar-refractivity contribution in [3.05, 3.63) is 65.5 Å². The summed E-state index contributed by atoms with van der Waals surface area (Å²) in [6.07, 6.45) is 0. The Labute approximate surface area is 127 Å². The smallest absolute Gasteiger partial charge is 0.339 e. The Morgan fingerprint density at radius 2 is 1.77 bits per heavy atom. The SMILES string of the molecule is COC(=O)c1ccccc1S(=O)(=O)NCc1ccc(F)cc1. The second kappa shape index (κ2) is 6.67. The van der Waals surface area contributed by atoms with E-state index in [4.69, 9.17) is 0 Å². The minimum atomic E-state index is -3.90. The fourth-order valence-corrected chi connectivity index (χ4v) is 3.05. The van der Waals surface area contributed by atoms with Crippen LogP contribution in [0.15, 0.2) is 53.4 Å². The van der Waals surface area contributed by atoms with E-state index in [1.807, 2.05) is 0 Å². The van der Waals surface area contributed by atoms with E-state index in [0.29, 0.717) is 5.56 Å². The predicted molar refractivity (Wildman–Crippen MR) is 78.2 cm³/mol. The molecule has 7 heteroatoms. The molecule has 0 saturated heterocycles. The highest BCUT2D eigenvalue weighted by Gasteiger charge is 2.22. The number of benzene rings is 2. The lowest BCUT2D eigenvalue weighted by atomic mass is 10.2. The molecule has 2 rings (SSSR count). The Hall–Kier alpha value is -2.25. The molecule has 0 bridgehead atoms. The summed E-state index contributed by atoms with van der Waals surface area (Å²) in [4.78, 5) is 11.5. The highest BCUT2D eigenvalue weighted by molar-refractivity contribution is 7.89. The van der Waals surface area contributed by atoms with Gasteiger partial charge < -0.3 is 4.74 Å². The van der Waals surface area contributed by atoms with Gasteiger partial charge in [0.05, 0.1) is 17.6 Å². The number of methoxy groups -OCH3 is 1. The molecule has 0 fully saturated rings. The Balaban J connectivity index is 2.24. The molecular formula is C15H14FNO4S. The maximum Gasteiger partial charge on any atom is 0.339 e. The van der Waals surface area contributed by atoms with E-state index in [1.54, 1.807) is 6.07 Å². The molecule has 22 heavy (non-hydrogen) atoms. The molecule has 5 nitrogen and oxygen atoms in total. The van der Waals surface area contributed by atoms with Gasteiger partial charge in [-0.15, -0.1) is 0 Å².